The maximum atomic E-state index is 12.6. The molecule has 2 rings (SSSR count). The number of morpholine rings is 1. The van der Waals surface area contributed by atoms with Crippen LogP contribution in [0, 0.1) is 0 Å². The number of rotatable bonds is 4. The van der Waals surface area contributed by atoms with Gasteiger partial charge in [0.2, 0.25) is 0 Å². The molecule has 1 unspecified atom stereocenters. The Labute approximate surface area is 135 Å². The van der Waals surface area contributed by atoms with Crippen molar-refractivity contribution in [2.24, 2.45) is 0 Å². The van der Waals surface area contributed by atoms with Crippen molar-refractivity contribution in [2.75, 3.05) is 34.0 Å². The van der Waals surface area contributed by atoms with Gasteiger partial charge in [-0.2, -0.15) is 0 Å². The average molecular weight is 374 g/mol. The minimum absolute atomic E-state index is 0.0183. The van der Waals surface area contributed by atoms with E-state index in [1.54, 1.807) is 6.07 Å². The number of halogens is 1. The molecule has 1 aromatic carbocycles. The van der Waals surface area contributed by atoms with Gasteiger partial charge in [-0.1, -0.05) is 0 Å². The van der Waals surface area contributed by atoms with Crippen LogP contribution in [-0.4, -0.2) is 61.9 Å². The molecule has 1 aliphatic rings. The highest BCUT2D eigenvalue weighted by Gasteiger charge is 2.33. The second kappa shape index (κ2) is 6.97. The fourth-order valence-electron chi connectivity index (χ4n) is 2.26. The van der Waals surface area contributed by atoms with E-state index in [0.29, 0.717) is 28.1 Å². The first-order valence-electron chi connectivity index (χ1n) is 6.52. The molecule has 7 nitrogen and oxygen atoms in total. The Hall–Kier alpha value is -1.80. The highest BCUT2D eigenvalue weighted by atomic mass is 79.9. The molecule has 0 radical (unpaired) electrons. The predicted octanol–water partition coefficient (Wildman–Crippen LogP) is 1.39. The van der Waals surface area contributed by atoms with E-state index in [2.05, 4.69) is 15.9 Å². The number of ether oxygens (including phenoxy) is 3. The first-order chi connectivity index (χ1) is 10.5. The fourth-order valence-corrected chi connectivity index (χ4v) is 2.86. The van der Waals surface area contributed by atoms with Gasteiger partial charge in [0.15, 0.2) is 17.5 Å². The maximum Gasteiger partial charge on any atom is 0.328 e. The van der Waals surface area contributed by atoms with Crippen LogP contribution in [0.3, 0.4) is 0 Å². The van der Waals surface area contributed by atoms with Crippen molar-refractivity contribution in [3.63, 3.8) is 0 Å². The normalized spacial score (nSPS) is 18.0. The Bertz CT molecular complexity index is 591. The summed E-state index contributed by atoms with van der Waals surface area (Å²) in [5.41, 5.74) is 0.317. The summed E-state index contributed by atoms with van der Waals surface area (Å²) in [6.07, 6.45) is 0. The lowest BCUT2D eigenvalue weighted by atomic mass is 10.1. The molecule has 0 saturated carbocycles. The lowest BCUT2D eigenvalue weighted by Crippen LogP contribution is -2.52. The number of carbonyl (C=O) groups is 2. The van der Waals surface area contributed by atoms with Crippen LogP contribution in [0.5, 0.6) is 11.5 Å². The zero-order valence-electron chi connectivity index (χ0n) is 12.2. The molecule has 0 aliphatic carbocycles. The van der Waals surface area contributed by atoms with Gasteiger partial charge in [0.05, 0.1) is 31.9 Å². The Balaban J connectivity index is 2.36. The molecule has 0 spiro atoms. The summed E-state index contributed by atoms with van der Waals surface area (Å²) in [5.74, 6) is -0.624. The van der Waals surface area contributed by atoms with Crippen LogP contribution < -0.4 is 9.47 Å². The first-order valence-corrected chi connectivity index (χ1v) is 7.32. The summed E-state index contributed by atoms with van der Waals surface area (Å²) < 4.78 is 16.1. The molecule has 22 heavy (non-hydrogen) atoms. The number of benzene rings is 1. The standard InChI is InChI=1S/C14H16BrNO6/c1-20-11-6-8(5-9(15)12(11)21-2)13(17)16-3-4-22-7-10(16)14(18)19/h5-6,10H,3-4,7H2,1-2H3,(H,18,19). The quantitative estimate of drug-likeness (QED) is 0.858. The van der Waals surface area contributed by atoms with Gasteiger partial charge in [0.1, 0.15) is 0 Å². The summed E-state index contributed by atoms with van der Waals surface area (Å²) in [7, 11) is 2.96. The number of methoxy groups -OCH3 is 2. The lowest BCUT2D eigenvalue weighted by molar-refractivity contribution is -0.147. The number of nitrogens with zero attached hydrogens (tertiary/aromatic N) is 1. The van der Waals surface area contributed by atoms with E-state index in [0.717, 1.165) is 0 Å². The van der Waals surface area contributed by atoms with Crippen molar-refractivity contribution in [3.8, 4) is 11.5 Å². The van der Waals surface area contributed by atoms with Crippen LogP contribution in [0.1, 0.15) is 10.4 Å². The summed E-state index contributed by atoms with van der Waals surface area (Å²) in [5, 5.41) is 9.21. The third kappa shape index (κ3) is 3.17. The molecule has 1 aromatic rings. The number of carbonyl (C=O) groups excluding carboxylic acids is 1. The van der Waals surface area contributed by atoms with Crippen molar-refractivity contribution in [2.45, 2.75) is 6.04 Å². The summed E-state index contributed by atoms with van der Waals surface area (Å²) >= 11 is 3.32. The van der Waals surface area contributed by atoms with Gasteiger partial charge in [0.25, 0.3) is 5.91 Å². The van der Waals surface area contributed by atoms with E-state index in [4.69, 9.17) is 14.2 Å². The number of hydrogen-bond acceptors (Lipinski definition) is 5. The van der Waals surface area contributed by atoms with Crippen molar-refractivity contribution in [1.82, 2.24) is 4.90 Å². The van der Waals surface area contributed by atoms with Gasteiger partial charge >= 0.3 is 5.97 Å². The third-order valence-electron chi connectivity index (χ3n) is 3.35. The largest absolute Gasteiger partial charge is 0.493 e. The predicted molar refractivity (Wildman–Crippen MR) is 80.5 cm³/mol. The molecule has 1 atom stereocenters. The van der Waals surface area contributed by atoms with E-state index in [1.165, 1.54) is 25.2 Å². The van der Waals surface area contributed by atoms with Crippen LogP contribution in [0.25, 0.3) is 0 Å². The minimum atomic E-state index is -1.09. The second-order valence-electron chi connectivity index (χ2n) is 4.62. The van der Waals surface area contributed by atoms with Crippen LogP contribution >= 0.6 is 15.9 Å². The molecule has 1 fully saturated rings. The van der Waals surface area contributed by atoms with E-state index < -0.39 is 17.9 Å². The summed E-state index contributed by atoms with van der Waals surface area (Å²) in [6.45, 7) is 0.515. The Morgan fingerprint density at radius 1 is 1.36 bits per heavy atom. The number of carboxylic acids is 1. The molecule has 0 bridgehead atoms. The average Bonchev–Trinajstić information content (AvgIpc) is 2.53. The van der Waals surface area contributed by atoms with E-state index in [-0.39, 0.29) is 13.2 Å². The Kier molecular flexibility index (Phi) is 5.25. The van der Waals surface area contributed by atoms with Crippen LogP contribution in [0.4, 0.5) is 0 Å². The first kappa shape index (κ1) is 16.6. The van der Waals surface area contributed by atoms with Gasteiger partial charge in [-0.15, -0.1) is 0 Å². The van der Waals surface area contributed by atoms with E-state index in [1.807, 2.05) is 0 Å². The number of carboxylic acid groups (broad SMARTS) is 1. The van der Waals surface area contributed by atoms with Crippen molar-refractivity contribution >= 4 is 27.8 Å². The summed E-state index contributed by atoms with van der Waals surface area (Å²) in [4.78, 5) is 25.2. The van der Waals surface area contributed by atoms with Gasteiger partial charge in [0, 0.05) is 12.1 Å². The highest BCUT2D eigenvalue weighted by Crippen LogP contribution is 2.36. The fraction of sp³-hybridized carbons (Fsp3) is 0.429. The molecule has 0 aromatic heterocycles. The van der Waals surface area contributed by atoms with Crippen molar-refractivity contribution in [3.05, 3.63) is 22.2 Å². The number of aliphatic carboxylic acids is 1. The monoisotopic (exact) mass is 373 g/mol. The molecule has 1 aliphatic heterocycles. The number of amides is 1. The van der Waals surface area contributed by atoms with Crippen molar-refractivity contribution in [1.29, 1.82) is 0 Å². The summed E-state index contributed by atoms with van der Waals surface area (Å²) in [6, 6.07) is 2.12. The molecular weight excluding hydrogens is 358 g/mol. The Morgan fingerprint density at radius 2 is 2.09 bits per heavy atom. The minimum Gasteiger partial charge on any atom is -0.493 e. The van der Waals surface area contributed by atoms with Crippen LogP contribution in [0.15, 0.2) is 16.6 Å². The molecular formula is C14H16BrNO6. The van der Waals surface area contributed by atoms with E-state index in [9.17, 15) is 14.7 Å². The zero-order chi connectivity index (χ0) is 16.3. The number of hydrogen-bond donors (Lipinski definition) is 1. The van der Waals surface area contributed by atoms with Crippen LogP contribution in [-0.2, 0) is 9.53 Å². The van der Waals surface area contributed by atoms with E-state index >= 15 is 0 Å². The SMILES string of the molecule is COc1cc(C(=O)N2CCOCC2C(=O)O)cc(Br)c1OC. The molecule has 1 amide bonds. The molecule has 1 saturated heterocycles. The Morgan fingerprint density at radius 3 is 2.68 bits per heavy atom. The smallest absolute Gasteiger partial charge is 0.328 e. The van der Waals surface area contributed by atoms with Crippen LogP contribution in [0.2, 0.25) is 0 Å². The van der Waals surface area contributed by atoms with Gasteiger partial charge in [-0.05, 0) is 28.1 Å². The third-order valence-corrected chi connectivity index (χ3v) is 3.94. The topological polar surface area (TPSA) is 85.3 Å². The molecule has 1 N–H and O–H groups in total. The molecule has 120 valence electrons. The zero-order valence-corrected chi connectivity index (χ0v) is 13.8. The van der Waals surface area contributed by atoms with Crippen molar-refractivity contribution < 1.29 is 28.9 Å². The lowest BCUT2D eigenvalue weighted by Gasteiger charge is -2.33. The molecule has 8 heteroatoms. The van der Waals surface area contributed by atoms with Gasteiger partial charge in [-0.25, -0.2) is 4.79 Å². The second-order valence-corrected chi connectivity index (χ2v) is 5.48. The van der Waals surface area contributed by atoms with Gasteiger partial charge < -0.3 is 24.2 Å². The highest BCUT2D eigenvalue weighted by molar-refractivity contribution is 9.10. The van der Waals surface area contributed by atoms with Gasteiger partial charge in [-0.3, -0.25) is 4.79 Å². The molecule has 1 heterocycles. The maximum absolute atomic E-state index is 12.6.